The van der Waals surface area contributed by atoms with Crippen LogP contribution in [0.2, 0.25) is 0 Å². The molecule has 0 aromatic carbocycles. The number of amides is 2. The highest BCUT2D eigenvalue weighted by molar-refractivity contribution is 5.73. The number of nitrogens with two attached hydrogens (primary N) is 2. The Morgan fingerprint density at radius 2 is 1.42 bits per heavy atom. The summed E-state index contributed by atoms with van der Waals surface area (Å²) in [6, 6.07) is 0.211. The molecule has 9 nitrogen and oxygen atoms in total. The summed E-state index contributed by atoms with van der Waals surface area (Å²) in [5.74, 6) is 0.663. The third kappa shape index (κ3) is 4.66. The normalized spacial score (nSPS) is 11.3. The lowest BCUT2D eigenvalue weighted by Crippen LogP contribution is -2.33. The van der Waals surface area contributed by atoms with E-state index >= 15 is 0 Å². The van der Waals surface area contributed by atoms with Crippen molar-refractivity contribution in [1.82, 2.24) is 24.0 Å². The van der Waals surface area contributed by atoms with Crippen LogP contribution in [0.4, 0.5) is 0 Å². The van der Waals surface area contributed by atoms with Gasteiger partial charge in [0.15, 0.2) is 0 Å². The number of carbonyl (C=O) groups is 2. The van der Waals surface area contributed by atoms with Gasteiger partial charge in [0.25, 0.3) is 0 Å². The van der Waals surface area contributed by atoms with E-state index in [1.807, 2.05) is 0 Å². The van der Waals surface area contributed by atoms with Gasteiger partial charge in [0.2, 0.25) is 11.8 Å². The lowest BCUT2D eigenvalue weighted by molar-refractivity contribution is -0.119. The van der Waals surface area contributed by atoms with Gasteiger partial charge >= 0.3 is 0 Å². The summed E-state index contributed by atoms with van der Waals surface area (Å²) in [4.78, 5) is 33.0. The van der Waals surface area contributed by atoms with Crippen LogP contribution in [0.5, 0.6) is 0 Å². The highest BCUT2D eigenvalue weighted by atomic mass is 16.1. The van der Waals surface area contributed by atoms with E-state index < -0.39 is 11.8 Å². The van der Waals surface area contributed by atoms with Crippen molar-refractivity contribution in [2.24, 2.45) is 11.5 Å². The van der Waals surface area contributed by atoms with Crippen molar-refractivity contribution in [3.05, 3.63) is 36.4 Å². The minimum atomic E-state index is -0.414. The Balaban J connectivity index is 2.13. The number of hydrogen-bond donors (Lipinski definition) is 2. The standard InChI is InChI=1S/C15H23N7O2/c1-11(2)22(9-14-18-3-5-20(14)7-12(16)23)10-15-19-4-6-21(15)8-13(17)24/h3-6,11H,7-10H2,1-2H3,(H2,16,23)(H2,17,24). The van der Waals surface area contributed by atoms with Crippen LogP contribution >= 0.6 is 0 Å². The zero-order chi connectivity index (χ0) is 17.7. The van der Waals surface area contributed by atoms with Crippen LogP contribution in [-0.2, 0) is 35.8 Å². The van der Waals surface area contributed by atoms with Crippen molar-refractivity contribution in [2.45, 2.75) is 46.1 Å². The maximum Gasteiger partial charge on any atom is 0.237 e. The molecule has 0 radical (unpaired) electrons. The van der Waals surface area contributed by atoms with Crippen LogP contribution in [0.25, 0.3) is 0 Å². The van der Waals surface area contributed by atoms with Crippen molar-refractivity contribution in [3.63, 3.8) is 0 Å². The number of imidazole rings is 2. The van der Waals surface area contributed by atoms with Crippen molar-refractivity contribution in [3.8, 4) is 0 Å². The van der Waals surface area contributed by atoms with E-state index in [1.165, 1.54) is 0 Å². The van der Waals surface area contributed by atoms with E-state index in [0.29, 0.717) is 13.1 Å². The first-order chi connectivity index (χ1) is 11.4. The molecule has 0 saturated heterocycles. The summed E-state index contributed by atoms with van der Waals surface area (Å²) in [6.07, 6.45) is 6.74. The van der Waals surface area contributed by atoms with Gasteiger partial charge in [-0.05, 0) is 13.8 Å². The average Bonchev–Trinajstić information content (AvgIpc) is 3.07. The molecule has 0 atom stereocenters. The van der Waals surface area contributed by atoms with Gasteiger partial charge in [-0.1, -0.05) is 0 Å². The Labute approximate surface area is 140 Å². The molecule has 0 bridgehead atoms. The molecule has 24 heavy (non-hydrogen) atoms. The molecule has 4 N–H and O–H groups in total. The maximum atomic E-state index is 11.1. The first kappa shape index (κ1) is 17.7. The zero-order valence-corrected chi connectivity index (χ0v) is 13.9. The molecule has 0 unspecified atom stereocenters. The zero-order valence-electron chi connectivity index (χ0n) is 13.9. The van der Waals surface area contributed by atoms with Gasteiger partial charge in [-0.3, -0.25) is 14.5 Å². The van der Waals surface area contributed by atoms with Crippen LogP contribution in [0.3, 0.4) is 0 Å². The average molecular weight is 333 g/mol. The van der Waals surface area contributed by atoms with Crippen molar-refractivity contribution in [2.75, 3.05) is 0 Å². The molecule has 130 valence electrons. The van der Waals surface area contributed by atoms with Crippen LogP contribution in [-0.4, -0.2) is 41.9 Å². The first-order valence-electron chi connectivity index (χ1n) is 7.67. The summed E-state index contributed by atoms with van der Waals surface area (Å²) < 4.78 is 3.46. The molecule has 2 aromatic rings. The van der Waals surface area contributed by atoms with Gasteiger partial charge in [-0.15, -0.1) is 0 Å². The highest BCUT2D eigenvalue weighted by Crippen LogP contribution is 2.12. The molecule has 0 aliphatic rings. The van der Waals surface area contributed by atoms with Gasteiger partial charge in [0.1, 0.15) is 24.7 Å². The van der Waals surface area contributed by atoms with Crippen LogP contribution in [0.1, 0.15) is 25.5 Å². The lowest BCUT2D eigenvalue weighted by atomic mass is 10.3. The monoisotopic (exact) mass is 333 g/mol. The number of primary amides is 2. The van der Waals surface area contributed by atoms with Gasteiger partial charge in [0, 0.05) is 30.8 Å². The van der Waals surface area contributed by atoms with Crippen molar-refractivity contribution < 1.29 is 9.59 Å². The minimum Gasteiger partial charge on any atom is -0.368 e. The molecule has 2 aromatic heterocycles. The Morgan fingerprint density at radius 1 is 1.00 bits per heavy atom. The van der Waals surface area contributed by atoms with Gasteiger partial charge in [-0.25, -0.2) is 9.97 Å². The third-order valence-corrected chi connectivity index (χ3v) is 3.68. The number of carbonyl (C=O) groups excluding carboxylic acids is 2. The van der Waals surface area contributed by atoms with Gasteiger partial charge < -0.3 is 20.6 Å². The number of hydrogen-bond acceptors (Lipinski definition) is 5. The largest absolute Gasteiger partial charge is 0.368 e. The Bertz CT molecular complexity index is 648. The van der Waals surface area contributed by atoms with Gasteiger partial charge in [0.05, 0.1) is 13.1 Å². The molecule has 0 aliphatic heterocycles. The summed E-state index contributed by atoms with van der Waals surface area (Å²) in [5.41, 5.74) is 10.5. The Kier molecular flexibility index (Phi) is 5.69. The van der Waals surface area contributed by atoms with E-state index in [-0.39, 0.29) is 19.1 Å². The van der Waals surface area contributed by atoms with Crippen LogP contribution in [0.15, 0.2) is 24.8 Å². The molecule has 2 heterocycles. The second kappa shape index (κ2) is 7.73. The molecule has 2 rings (SSSR count). The number of aromatic nitrogens is 4. The fraction of sp³-hybridized carbons (Fsp3) is 0.467. The van der Waals surface area contributed by atoms with Crippen molar-refractivity contribution >= 4 is 11.8 Å². The van der Waals surface area contributed by atoms with E-state index in [2.05, 4.69) is 28.7 Å². The van der Waals surface area contributed by atoms with Gasteiger partial charge in [-0.2, -0.15) is 0 Å². The maximum absolute atomic E-state index is 11.1. The summed E-state index contributed by atoms with van der Waals surface area (Å²) >= 11 is 0. The smallest absolute Gasteiger partial charge is 0.237 e. The molecular weight excluding hydrogens is 310 g/mol. The second-order valence-corrected chi connectivity index (χ2v) is 5.87. The molecular formula is C15H23N7O2. The summed E-state index contributed by atoms with van der Waals surface area (Å²) in [7, 11) is 0. The van der Waals surface area contributed by atoms with E-state index in [1.54, 1.807) is 33.9 Å². The van der Waals surface area contributed by atoms with E-state index in [4.69, 9.17) is 11.5 Å². The SMILES string of the molecule is CC(C)N(Cc1nccn1CC(N)=O)Cc1nccn1CC(N)=O. The molecule has 0 fully saturated rings. The number of rotatable bonds is 9. The predicted molar refractivity (Wildman–Crippen MR) is 87.2 cm³/mol. The molecule has 9 heteroatoms. The highest BCUT2D eigenvalue weighted by Gasteiger charge is 2.17. The predicted octanol–water partition coefficient (Wildman–Crippen LogP) is -0.539. The second-order valence-electron chi connectivity index (χ2n) is 5.87. The summed E-state index contributed by atoms with van der Waals surface area (Å²) in [5, 5.41) is 0. The Hall–Kier alpha value is -2.68. The van der Waals surface area contributed by atoms with Crippen molar-refractivity contribution in [1.29, 1.82) is 0 Å². The fourth-order valence-electron chi connectivity index (χ4n) is 2.39. The number of nitrogens with zero attached hydrogens (tertiary/aromatic N) is 5. The molecule has 0 aliphatic carbocycles. The summed E-state index contributed by atoms with van der Waals surface area (Å²) in [6.45, 7) is 5.36. The first-order valence-corrected chi connectivity index (χ1v) is 7.67. The molecule has 2 amide bonds. The van der Waals surface area contributed by atoms with E-state index in [0.717, 1.165) is 11.6 Å². The molecule has 0 spiro atoms. The topological polar surface area (TPSA) is 125 Å². The third-order valence-electron chi connectivity index (χ3n) is 3.68. The van der Waals surface area contributed by atoms with Crippen LogP contribution < -0.4 is 11.5 Å². The quantitative estimate of drug-likeness (QED) is 0.637. The van der Waals surface area contributed by atoms with Crippen LogP contribution in [0, 0.1) is 0 Å². The Morgan fingerprint density at radius 3 is 1.75 bits per heavy atom. The van der Waals surface area contributed by atoms with E-state index in [9.17, 15) is 9.59 Å². The molecule has 0 saturated carbocycles. The lowest BCUT2D eigenvalue weighted by Gasteiger charge is -2.26. The fourth-order valence-corrected chi connectivity index (χ4v) is 2.39. The minimum absolute atomic E-state index is 0.0948.